The lowest BCUT2D eigenvalue weighted by molar-refractivity contribution is 0.104. The smallest absolute Gasteiger partial charge is 0.185 e. The highest BCUT2D eigenvalue weighted by Gasteiger charge is 2.13. The van der Waals surface area contributed by atoms with Gasteiger partial charge in [0.15, 0.2) is 12.1 Å². The van der Waals surface area contributed by atoms with Gasteiger partial charge in [-0.15, -0.1) is 0 Å². The van der Waals surface area contributed by atoms with Gasteiger partial charge in [0.05, 0.1) is 5.56 Å². The minimum atomic E-state index is -0.155. The van der Waals surface area contributed by atoms with Crippen LogP contribution in [0.3, 0.4) is 0 Å². The number of allylic oxidation sites excluding steroid dienone is 1. The first kappa shape index (κ1) is 18.0. The molecule has 0 aliphatic rings. The van der Waals surface area contributed by atoms with Gasteiger partial charge in [0.1, 0.15) is 5.75 Å². The number of phenols is 1. The van der Waals surface area contributed by atoms with Gasteiger partial charge in [-0.05, 0) is 65.9 Å². The predicted octanol–water partition coefficient (Wildman–Crippen LogP) is 5.27. The number of benzene rings is 2. The Bertz CT molecular complexity index is 776. The van der Waals surface area contributed by atoms with Crippen molar-refractivity contribution in [3.05, 3.63) is 69.8 Å². The number of hydrogen-bond donors (Lipinski definition) is 1. The average molecular weight is 343 g/mol. The maximum atomic E-state index is 12.2. The van der Waals surface area contributed by atoms with Crippen molar-refractivity contribution in [2.24, 2.45) is 0 Å². The molecule has 1 N–H and O–H groups in total. The third kappa shape index (κ3) is 4.12. The molecule has 0 saturated heterocycles. The summed E-state index contributed by atoms with van der Waals surface area (Å²) in [5, 5.41) is 10.7. The highest BCUT2D eigenvalue weighted by Crippen LogP contribution is 2.32. The second-order valence-electron chi connectivity index (χ2n) is 5.68. The molecule has 2 aromatic rings. The van der Waals surface area contributed by atoms with Crippen LogP contribution >= 0.6 is 11.6 Å². The van der Waals surface area contributed by atoms with Gasteiger partial charge in [0, 0.05) is 10.6 Å². The van der Waals surface area contributed by atoms with E-state index < -0.39 is 0 Å². The van der Waals surface area contributed by atoms with E-state index in [1.807, 2.05) is 19.9 Å². The summed E-state index contributed by atoms with van der Waals surface area (Å²) >= 11 is 5.81. The van der Waals surface area contributed by atoms with Crippen LogP contribution in [0.5, 0.6) is 5.75 Å². The Kier molecular flexibility index (Phi) is 5.93. The Labute approximate surface area is 146 Å². The lowest BCUT2D eigenvalue weighted by Gasteiger charge is -2.13. The van der Waals surface area contributed by atoms with Crippen LogP contribution in [0.4, 0.5) is 0 Å². The molecule has 0 aromatic heterocycles. The van der Waals surface area contributed by atoms with Crippen molar-refractivity contribution < 1.29 is 14.7 Å². The molecular formula is C20H19ClO3. The lowest BCUT2D eigenvalue weighted by atomic mass is 9.93. The molecule has 124 valence electrons. The molecule has 1 unspecified atom stereocenters. The van der Waals surface area contributed by atoms with Gasteiger partial charge in [-0.1, -0.05) is 31.5 Å². The average Bonchev–Trinajstić information content (AvgIpc) is 2.60. The molecular weight excluding hydrogens is 324 g/mol. The van der Waals surface area contributed by atoms with Crippen LogP contribution < -0.4 is 0 Å². The van der Waals surface area contributed by atoms with E-state index in [1.54, 1.807) is 36.4 Å². The van der Waals surface area contributed by atoms with Crippen LogP contribution in [-0.2, 0) is 0 Å². The highest BCUT2D eigenvalue weighted by atomic mass is 35.5. The normalized spacial score (nSPS) is 12.3. The summed E-state index contributed by atoms with van der Waals surface area (Å²) in [7, 11) is 0. The molecule has 1 atom stereocenters. The molecule has 0 bridgehead atoms. The Morgan fingerprint density at radius 3 is 2.50 bits per heavy atom. The minimum Gasteiger partial charge on any atom is -0.507 e. The standard InChI is InChI=1S/C20H19ClO3/c1-3-13(2)18-11-14(10-16(12-22)20(18)24)4-9-19(23)15-5-7-17(21)8-6-15/h4-13,24H,3H2,1-2H3. The second-order valence-corrected chi connectivity index (χ2v) is 6.12. The zero-order valence-electron chi connectivity index (χ0n) is 13.6. The maximum Gasteiger partial charge on any atom is 0.185 e. The van der Waals surface area contributed by atoms with E-state index in [0.717, 1.165) is 6.42 Å². The van der Waals surface area contributed by atoms with E-state index in [0.29, 0.717) is 28.0 Å². The van der Waals surface area contributed by atoms with Crippen LogP contribution in [0.1, 0.15) is 58.0 Å². The van der Waals surface area contributed by atoms with Crippen molar-refractivity contribution in [1.82, 2.24) is 0 Å². The van der Waals surface area contributed by atoms with Crippen LogP contribution in [0.25, 0.3) is 6.08 Å². The van der Waals surface area contributed by atoms with Crippen LogP contribution in [-0.4, -0.2) is 17.2 Å². The van der Waals surface area contributed by atoms with Crippen molar-refractivity contribution in [2.45, 2.75) is 26.2 Å². The fourth-order valence-electron chi connectivity index (χ4n) is 2.37. The fraction of sp³-hybridized carbons (Fsp3) is 0.200. The second kappa shape index (κ2) is 7.93. The molecule has 2 aromatic carbocycles. The third-order valence-electron chi connectivity index (χ3n) is 4.02. The summed E-state index contributed by atoms with van der Waals surface area (Å²) in [6.07, 6.45) is 4.56. The van der Waals surface area contributed by atoms with Gasteiger partial charge in [0.25, 0.3) is 0 Å². The van der Waals surface area contributed by atoms with Gasteiger partial charge < -0.3 is 5.11 Å². The number of aromatic hydroxyl groups is 1. The van der Waals surface area contributed by atoms with Gasteiger partial charge in [0.2, 0.25) is 0 Å². The Morgan fingerprint density at radius 2 is 1.92 bits per heavy atom. The van der Waals surface area contributed by atoms with Crippen molar-refractivity contribution in [2.75, 3.05) is 0 Å². The first-order chi connectivity index (χ1) is 11.5. The van der Waals surface area contributed by atoms with Gasteiger partial charge in [-0.25, -0.2) is 0 Å². The number of ketones is 1. The van der Waals surface area contributed by atoms with E-state index in [-0.39, 0.29) is 23.0 Å². The first-order valence-electron chi connectivity index (χ1n) is 7.76. The number of phenolic OH excluding ortho intramolecular Hbond substituents is 1. The predicted molar refractivity (Wildman–Crippen MR) is 97.0 cm³/mol. The zero-order chi connectivity index (χ0) is 17.7. The first-order valence-corrected chi connectivity index (χ1v) is 8.14. The quantitative estimate of drug-likeness (QED) is 0.442. The summed E-state index contributed by atoms with van der Waals surface area (Å²) in [6.45, 7) is 3.99. The van der Waals surface area contributed by atoms with E-state index in [1.165, 1.54) is 6.08 Å². The number of carbonyl (C=O) groups is 2. The van der Waals surface area contributed by atoms with Crippen molar-refractivity contribution in [3.8, 4) is 5.75 Å². The van der Waals surface area contributed by atoms with Gasteiger partial charge >= 0.3 is 0 Å². The molecule has 0 spiro atoms. The van der Waals surface area contributed by atoms with E-state index in [9.17, 15) is 14.7 Å². The lowest BCUT2D eigenvalue weighted by Crippen LogP contribution is -1.97. The summed E-state index contributed by atoms with van der Waals surface area (Å²) in [4.78, 5) is 23.3. The van der Waals surface area contributed by atoms with Crippen LogP contribution in [0, 0.1) is 0 Å². The number of carbonyl (C=O) groups excluding carboxylic acids is 2. The number of aldehydes is 1. The molecule has 24 heavy (non-hydrogen) atoms. The fourth-order valence-corrected chi connectivity index (χ4v) is 2.49. The third-order valence-corrected chi connectivity index (χ3v) is 4.27. The molecule has 2 rings (SSSR count). The molecule has 0 saturated carbocycles. The van der Waals surface area contributed by atoms with Crippen molar-refractivity contribution >= 4 is 29.7 Å². The highest BCUT2D eigenvalue weighted by molar-refractivity contribution is 6.30. The van der Waals surface area contributed by atoms with Crippen LogP contribution in [0.2, 0.25) is 5.02 Å². The molecule has 4 heteroatoms. The Morgan fingerprint density at radius 1 is 1.25 bits per heavy atom. The summed E-state index contributed by atoms with van der Waals surface area (Å²) < 4.78 is 0. The summed E-state index contributed by atoms with van der Waals surface area (Å²) in [5.41, 5.74) is 2.17. The van der Waals surface area contributed by atoms with E-state index in [2.05, 4.69) is 0 Å². The van der Waals surface area contributed by atoms with E-state index in [4.69, 9.17) is 11.6 Å². The molecule has 0 aliphatic carbocycles. The zero-order valence-corrected chi connectivity index (χ0v) is 14.4. The minimum absolute atomic E-state index is 0.0144. The molecule has 0 heterocycles. The number of rotatable bonds is 6. The summed E-state index contributed by atoms with van der Waals surface area (Å²) in [5.74, 6) is -0.0259. The van der Waals surface area contributed by atoms with Gasteiger partial charge in [-0.3, -0.25) is 9.59 Å². The topological polar surface area (TPSA) is 54.4 Å². The molecule has 0 aliphatic heterocycles. The molecule has 0 radical (unpaired) electrons. The Balaban J connectivity index is 2.33. The van der Waals surface area contributed by atoms with Crippen molar-refractivity contribution in [1.29, 1.82) is 0 Å². The largest absolute Gasteiger partial charge is 0.507 e. The molecule has 3 nitrogen and oxygen atoms in total. The number of hydrogen-bond acceptors (Lipinski definition) is 3. The van der Waals surface area contributed by atoms with Crippen molar-refractivity contribution in [3.63, 3.8) is 0 Å². The number of halogens is 1. The molecule has 0 amide bonds. The van der Waals surface area contributed by atoms with Gasteiger partial charge in [-0.2, -0.15) is 0 Å². The monoisotopic (exact) mass is 342 g/mol. The SMILES string of the molecule is CCC(C)c1cc(C=CC(=O)c2ccc(Cl)cc2)cc(C=O)c1O. The Hall–Kier alpha value is -2.39. The van der Waals surface area contributed by atoms with Crippen LogP contribution in [0.15, 0.2) is 42.5 Å². The maximum absolute atomic E-state index is 12.2. The molecule has 0 fully saturated rings. The summed E-state index contributed by atoms with van der Waals surface area (Å²) in [6, 6.07) is 10.0. The van der Waals surface area contributed by atoms with E-state index >= 15 is 0 Å².